The number of aryl methyl sites for hydroxylation is 1. The SMILES string of the molecule is Cc1ccc(-c2cc(C(=O)C3CCCCCCC3)nn2-c2ccc(C#N)cc2)cc1. The molecule has 1 aromatic heterocycles. The first-order valence-corrected chi connectivity index (χ1v) is 10.9. The zero-order valence-corrected chi connectivity index (χ0v) is 17.5. The number of carbonyl (C=O) groups excluding carboxylic acids is 1. The number of benzene rings is 2. The molecule has 0 spiro atoms. The van der Waals surface area contributed by atoms with Gasteiger partial charge in [-0.15, -0.1) is 0 Å². The van der Waals surface area contributed by atoms with Crippen molar-refractivity contribution in [2.75, 3.05) is 0 Å². The fourth-order valence-corrected chi connectivity index (χ4v) is 4.23. The third-order valence-corrected chi connectivity index (χ3v) is 6.03. The zero-order chi connectivity index (χ0) is 20.9. The molecule has 1 fully saturated rings. The third kappa shape index (κ3) is 4.36. The molecular formula is C26H27N3O. The molecule has 1 heterocycles. The van der Waals surface area contributed by atoms with E-state index >= 15 is 0 Å². The van der Waals surface area contributed by atoms with Crippen LogP contribution in [0.2, 0.25) is 0 Å². The van der Waals surface area contributed by atoms with Gasteiger partial charge in [0, 0.05) is 11.5 Å². The van der Waals surface area contributed by atoms with Crippen LogP contribution in [0.3, 0.4) is 0 Å². The Morgan fingerprint density at radius 1 is 0.967 bits per heavy atom. The molecule has 1 saturated carbocycles. The number of nitrogens with zero attached hydrogens (tertiary/aromatic N) is 3. The zero-order valence-electron chi connectivity index (χ0n) is 17.5. The topological polar surface area (TPSA) is 58.7 Å². The van der Waals surface area contributed by atoms with Gasteiger partial charge in [0.15, 0.2) is 5.78 Å². The van der Waals surface area contributed by atoms with Crippen molar-refractivity contribution in [2.24, 2.45) is 5.92 Å². The second-order valence-corrected chi connectivity index (χ2v) is 8.26. The minimum Gasteiger partial charge on any atom is -0.292 e. The van der Waals surface area contributed by atoms with E-state index in [4.69, 9.17) is 10.4 Å². The molecule has 1 aliphatic carbocycles. The van der Waals surface area contributed by atoms with Crippen molar-refractivity contribution in [1.82, 2.24) is 9.78 Å². The highest BCUT2D eigenvalue weighted by Crippen LogP contribution is 2.29. The molecule has 4 rings (SSSR count). The first-order valence-electron chi connectivity index (χ1n) is 10.9. The maximum absolute atomic E-state index is 13.3. The van der Waals surface area contributed by atoms with E-state index < -0.39 is 0 Å². The Kier molecular flexibility index (Phi) is 6.09. The smallest absolute Gasteiger partial charge is 0.186 e. The van der Waals surface area contributed by atoms with Gasteiger partial charge in [-0.1, -0.05) is 61.9 Å². The molecule has 30 heavy (non-hydrogen) atoms. The van der Waals surface area contributed by atoms with E-state index in [1.54, 1.807) is 12.1 Å². The quantitative estimate of drug-likeness (QED) is 0.488. The van der Waals surface area contributed by atoms with Crippen molar-refractivity contribution < 1.29 is 4.79 Å². The number of ketones is 1. The van der Waals surface area contributed by atoms with Gasteiger partial charge in [-0.25, -0.2) is 4.68 Å². The van der Waals surface area contributed by atoms with E-state index in [0.29, 0.717) is 11.3 Å². The average molecular weight is 398 g/mol. The number of rotatable bonds is 4. The number of carbonyl (C=O) groups is 1. The van der Waals surface area contributed by atoms with Crippen LogP contribution in [0.4, 0.5) is 0 Å². The maximum Gasteiger partial charge on any atom is 0.186 e. The van der Waals surface area contributed by atoms with Crippen molar-refractivity contribution in [2.45, 2.75) is 51.9 Å². The molecule has 2 aromatic carbocycles. The number of hydrogen-bond donors (Lipinski definition) is 0. The first kappa shape index (κ1) is 20.1. The molecule has 0 atom stereocenters. The Balaban J connectivity index is 1.73. The van der Waals surface area contributed by atoms with Crippen LogP contribution in [0.25, 0.3) is 16.9 Å². The molecule has 0 saturated heterocycles. The molecule has 4 nitrogen and oxygen atoms in total. The van der Waals surface area contributed by atoms with E-state index in [-0.39, 0.29) is 11.7 Å². The third-order valence-electron chi connectivity index (χ3n) is 6.03. The minimum absolute atomic E-state index is 0.0699. The van der Waals surface area contributed by atoms with Gasteiger partial charge < -0.3 is 0 Å². The molecule has 0 unspecified atom stereocenters. The Bertz CT molecular complexity index is 1050. The Morgan fingerprint density at radius 3 is 2.23 bits per heavy atom. The van der Waals surface area contributed by atoms with Gasteiger partial charge in [-0.05, 0) is 50.1 Å². The average Bonchev–Trinajstić information content (AvgIpc) is 3.19. The molecular weight excluding hydrogens is 370 g/mol. The maximum atomic E-state index is 13.3. The van der Waals surface area contributed by atoms with Crippen LogP contribution in [0.5, 0.6) is 0 Å². The van der Waals surface area contributed by atoms with E-state index in [0.717, 1.165) is 42.6 Å². The molecule has 0 N–H and O–H groups in total. The monoisotopic (exact) mass is 397 g/mol. The van der Waals surface area contributed by atoms with Crippen LogP contribution < -0.4 is 0 Å². The lowest BCUT2D eigenvalue weighted by atomic mass is 9.87. The van der Waals surface area contributed by atoms with Crippen LogP contribution in [-0.4, -0.2) is 15.6 Å². The first-order chi connectivity index (χ1) is 14.7. The number of aromatic nitrogens is 2. The molecule has 0 bridgehead atoms. The highest BCUT2D eigenvalue weighted by Gasteiger charge is 2.25. The van der Waals surface area contributed by atoms with Gasteiger partial charge in [-0.2, -0.15) is 10.4 Å². The van der Waals surface area contributed by atoms with E-state index in [1.165, 1.54) is 24.8 Å². The highest BCUT2D eigenvalue weighted by molar-refractivity contribution is 5.97. The standard InChI is InChI=1S/C26H27N3O/c1-19-9-13-21(14-10-19)25-17-24(26(30)22-7-5-3-2-4-6-8-22)28-29(25)23-15-11-20(18-27)12-16-23/h9-17,22H,2-8H2,1H3. The van der Waals surface area contributed by atoms with Crippen molar-refractivity contribution in [3.05, 3.63) is 71.4 Å². The molecule has 0 radical (unpaired) electrons. The summed E-state index contributed by atoms with van der Waals surface area (Å²) in [5.74, 6) is 0.234. The van der Waals surface area contributed by atoms with Crippen molar-refractivity contribution in [3.63, 3.8) is 0 Å². The highest BCUT2D eigenvalue weighted by atomic mass is 16.1. The van der Waals surface area contributed by atoms with Gasteiger partial charge in [0.25, 0.3) is 0 Å². The summed E-state index contributed by atoms with van der Waals surface area (Å²) in [6, 6.07) is 19.7. The van der Waals surface area contributed by atoms with Crippen LogP contribution in [0, 0.1) is 24.2 Å². The predicted octanol–water partition coefficient (Wildman–Crippen LogP) is 6.26. The van der Waals surface area contributed by atoms with Gasteiger partial charge in [0.1, 0.15) is 5.69 Å². The molecule has 4 heteroatoms. The van der Waals surface area contributed by atoms with Crippen LogP contribution in [0.1, 0.15) is 66.6 Å². The summed E-state index contributed by atoms with van der Waals surface area (Å²) >= 11 is 0. The lowest BCUT2D eigenvalue weighted by Gasteiger charge is -2.17. The van der Waals surface area contributed by atoms with Crippen molar-refractivity contribution in [3.8, 4) is 23.0 Å². The number of Topliss-reactive ketones (excluding diaryl/α,β-unsaturated/α-hetero) is 1. The summed E-state index contributed by atoms with van der Waals surface area (Å²) in [5.41, 5.74) is 5.10. The second-order valence-electron chi connectivity index (χ2n) is 8.26. The lowest BCUT2D eigenvalue weighted by Crippen LogP contribution is -2.17. The van der Waals surface area contributed by atoms with Crippen molar-refractivity contribution in [1.29, 1.82) is 5.26 Å². The number of hydrogen-bond acceptors (Lipinski definition) is 3. The lowest BCUT2D eigenvalue weighted by molar-refractivity contribution is 0.0892. The van der Waals surface area contributed by atoms with E-state index in [2.05, 4.69) is 37.3 Å². The number of nitriles is 1. The van der Waals surface area contributed by atoms with Crippen LogP contribution in [0.15, 0.2) is 54.6 Å². The fourth-order valence-electron chi connectivity index (χ4n) is 4.23. The predicted molar refractivity (Wildman–Crippen MR) is 119 cm³/mol. The summed E-state index contributed by atoms with van der Waals surface area (Å²) in [7, 11) is 0. The minimum atomic E-state index is 0.0699. The largest absolute Gasteiger partial charge is 0.292 e. The summed E-state index contributed by atoms with van der Waals surface area (Å²) in [5, 5.41) is 13.9. The summed E-state index contributed by atoms with van der Waals surface area (Å²) < 4.78 is 1.84. The Morgan fingerprint density at radius 2 is 1.60 bits per heavy atom. The molecule has 1 aliphatic rings. The normalized spacial score (nSPS) is 15.2. The van der Waals surface area contributed by atoms with Gasteiger partial charge in [0.2, 0.25) is 0 Å². The van der Waals surface area contributed by atoms with Crippen molar-refractivity contribution >= 4 is 5.78 Å². The Labute approximate surface area is 178 Å². The summed E-state index contributed by atoms with van der Waals surface area (Å²) in [6.45, 7) is 2.06. The summed E-state index contributed by atoms with van der Waals surface area (Å²) in [4.78, 5) is 13.3. The molecule has 0 aliphatic heterocycles. The van der Waals surface area contributed by atoms with Gasteiger partial charge in [-0.3, -0.25) is 4.79 Å². The second kappa shape index (κ2) is 9.09. The van der Waals surface area contributed by atoms with E-state index in [9.17, 15) is 4.79 Å². The van der Waals surface area contributed by atoms with Gasteiger partial charge in [0.05, 0.1) is 23.0 Å². The summed E-state index contributed by atoms with van der Waals surface area (Å²) in [6.07, 6.45) is 7.89. The van der Waals surface area contributed by atoms with Crippen LogP contribution >= 0.6 is 0 Å². The Hall–Kier alpha value is -3.19. The fraction of sp³-hybridized carbons (Fsp3) is 0.346. The molecule has 0 amide bonds. The molecule has 3 aromatic rings. The molecule has 152 valence electrons. The van der Waals surface area contributed by atoms with E-state index in [1.807, 2.05) is 22.9 Å². The van der Waals surface area contributed by atoms with Gasteiger partial charge >= 0.3 is 0 Å². The van der Waals surface area contributed by atoms with Crippen LogP contribution in [-0.2, 0) is 0 Å².